The van der Waals surface area contributed by atoms with Crippen LogP contribution in [-0.4, -0.2) is 59.6 Å². The number of pyridine rings is 1. The van der Waals surface area contributed by atoms with Gasteiger partial charge >= 0.3 is 0 Å². The van der Waals surface area contributed by atoms with Gasteiger partial charge in [0.05, 0.1) is 6.04 Å². The molecule has 1 aliphatic heterocycles. The number of carbonyl (C=O) groups is 5. The van der Waals surface area contributed by atoms with Crippen LogP contribution in [0.2, 0.25) is 0 Å². The average molecular weight is 488 g/mol. The third-order valence-electron chi connectivity index (χ3n) is 5.95. The molecule has 2 heterocycles. The van der Waals surface area contributed by atoms with Gasteiger partial charge in [0.25, 0.3) is 5.91 Å². The van der Waals surface area contributed by atoms with E-state index in [4.69, 9.17) is 0 Å². The lowest BCUT2D eigenvalue weighted by molar-refractivity contribution is -0.132. The number of amides is 4. The number of carbonyl (C=O) groups excluding carboxylic acids is 5. The number of piperidine rings is 1. The van der Waals surface area contributed by atoms with Crippen LogP contribution in [-0.2, 0) is 19.2 Å². The van der Waals surface area contributed by atoms with Crippen molar-refractivity contribution in [3.63, 3.8) is 0 Å². The summed E-state index contributed by atoms with van der Waals surface area (Å²) in [6.45, 7) is 8.05. The van der Waals surface area contributed by atoms with E-state index in [0.717, 1.165) is 6.42 Å². The van der Waals surface area contributed by atoms with Crippen molar-refractivity contribution in [2.45, 2.75) is 71.5 Å². The van der Waals surface area contributed by atoms with E-state index in [1.807, 2.05) is 13.8 Å². The zero-order chi connectivity index (χ0) is 26.0. The van der Waals surface area contributed by atoms with Gasteiger partial charge in [0.15, 0.2) is 0 Å². The maximum atomic E-state index is 13.1. The van der Waals surface area contributed by atoms with Crippen molar-refractivity contribution in [2.24, 2.45) is 17.8 Å². The highest BCUT2D eigenvalue weighted by molar-refractivity contribution is 5.98. The van der Waals surface area contributed by atoms with Crippen LogP contribution in [0.4, 0.5) is 0 Å². The van der Waals surface area contributed by atoms with Crippen LogP contribution in [0.25, 0.3) is 0 Å². The van der Waals surface area contributed by atoms with Crippen molar-refractivity contribution in [1.29, 1.82) is 0 Å². The van der Waals surface area contributed by atoms with E-state index in [2.05, 4.69) is 26.3 Å². The van der Waals surface area contributed by atoms with Gasteiger partial charge in [-0.2, -0.15) is 0 Å². The van der Waals surface area contributed by atoms with Gasteiger partial charge in [0.1, 0.15) is 18.4 Å². The predicted molar refractivity (Wildman–Crippen MR) is 130 cm³/mol. The fourth-order valence-electron chi connectivity index (χ4n) is 4.03. The molecule has 10 heteroatoms. The molecule has 192 valence electrons. The highest BCUT2D eigenvalue weighted by Gasteiger charge is 2.31. The van der Waals surface area contributed by atoms with Gasteiger partial charge < -0.3 is 26.1 Å². The quantitative estimate of drug-likeness (QED) is 0.323. The molecule has 1 saturated heterocycles. The molecule has 1 aliphatic rings. The lowest BCUT2D eigenvalue weighted by Gasteiger charge is -2.28. The minimum atomic E-state index is -0.899. The molecule has 10 nitrogen and oxygen atoms in total. The zero-order valence-corrected chi connectivity index (χ0v) is 20.9. The van der Waals surface area contributed by atoms with Crippen LogP contribution in [0.1, 0.15) is 63.7 Å². The van der Waals surface area contributed by atoms with Crippen molar-refractivity contribution >= 4 is 29.9 Å². The molecule has 0 spiro atoms. The smallest absolute Gasteiger partial charge is 0.252 e. The summed E-state index contributed by atoms with van der Waals surface area (Å²) in [7, 11) is 0. The Kier molecular flexibility index (Phi) is 10.8. The van der Waals surface area contributed by atoms with Crippen LogP contribution in [0.5, 0.6) is 0 Å². The van der Waals surface area contributed by atoms with Crippen LogP contribution in [0, 0.1) is 17.8 Å². The summed E-state index contributed by atoms with van der Waals surface area (Å²) in [4.78, 5) is 66.4. The summed E-state index contributed by atoms with van der Waals surface area (Å²) >= 11 is 0. The molecule has 4 amide bonds. The van der Waals surface area contributed by atoms with Crippen molar-refractivity contribution < 1.29 is 24.0 Å². The molecular formula is C25H37N5O5. The second-order valence-electron chi connectivity index (χ2n) is 9.74. The normalized spacial score (nSPS) is 18.2. The highest BCUT2D eigenvalue weighted by Crippen LogP contribution is 2.17. The first-order valence-corrected chi connectivity index (χ1v) is 12.2. The second-order valence-corrected chi connectivity index (χ2v) is 9.74. The van der Waals surface area contributed by atoms with Crippen LogP contribution in [0.15, 0.2) is 24.5 Å². The molecule has 4 atom stereocenters. The van der Waals surface area contributed by atoms with Crippen molar-refractivity contribution in [3.8, 4) is 0 Å². The van der Waals surface area contributed by atoms with E-state index < -0.39 is 35.8 Å². The molecule has 35 heavy (non-hydrogen) atoms. The largest absolute Gasteiger partial charge is 0.356 e. The van der Waals surface area contributed by atoms with Gasteiger partial charge in [-0.3, -0.25) is 24.2 Å². The SMILES string of the molecule is CC(C)C[C@H](NC(=O)[C@@H](NC(=O)c1ccncc1)C(C)C)C(=O)N[C@H](C=O)C[C@@H]1CCCNC1=O. The minimum Gasteiger partial charge on any atom is -0.356 e. The third kappa shape index (κ3) is 8.77. The summed E-state index contributed by atoms with van der Waals surface area (Å²) in [5.41, 5.74) is 0.371. The molecule has 0 radical (unpaired) electrons. The van der Waals surface area contributed by atoms with E-state index >= 15 is 0 Å². The lowest BCUT2D eigenvalue weighted by Crippen LogP contribution is -2.57. The maximum Gasteiger partial charge on any atom is 0.252 e. The van der Waals surface area contributed by atoms with Crippen molar-refractivity contribution in [2.75, 3.05) is 6.54 Å². The Morgan fingerprint density at radius 3 is 2.34 bits per heavy atom. The number of rotatable bonds is 12. The van der Waals surface area contributed by atoms with Crippen molar-refractivity contribution in [1.82, 2.24) is 26.3 Å². The van der Waals surface area contributed by atoms with Gasteiger partial charge in [-0.1, -0.05) is 27.7 Å². The first kappa shape index (κ1) is 27.9. The molecular weight excluding hydrogens is 450 g/mol. The molecule has 1 fully saturated rings. The minimum absolute atomic E-state index is 0.0776. The first-order chi connectivity index (χ1) is 16.6. The molecule has 0 aromatic carbocycles. The van der Waals surface area contributed by atoms with Crippen LogP contribution >= 0.6 is 0 Å². The molecule has 0 saturated carbocycles. The van der Waals surface area contributed by atoms with E-state index in [9.17, 15) is 24.0 Å². The molecule has 1 aromatic rings. The van der Waals surface area contributed by atoms with Gasteiger partial charge in [0.2, 0.25) is 17.7 Å². The fraction of sp³-hybridized carbons (Fsp3) is 0.600. The van der Waals surface area contributed by atoms with Gasteiger partial charge in [-0.25, -0.2) is 0 Å². The van der Waals surface area contributed by atoms with E-state index in [1.54, 1.807) is 26.0 Å². The number of nitrogens with zero attached hydrogens (tertiary/aromatic N) is 1. The zero-order valence-electron chi connectivity index (χ0n) is 20.9. The van der Waals surface area contributed by atoms with Crippen LogP contribution in [0.3, 0.4) is 0 Å². The van der Waals surface area contributed by atoms with Crippen LogP contribution < -0.4 is 21.3 Å². The predicted octanol–water partition coefficient (Wildman–Crippen LogP) is 0.967. The summed E-state index contributed by atoms with van der Waals surface area (Å²) < 4.78 is 0. The van der Waals surface area contributed by atoms with Gasteiger partial charge in [-0.15, -0.1) is 0 Å². The second kappa shape index (κ2) is 13.6. The molecule has 4 N–H and O–H groups in total. The Morgan fingerprint density at radius 1 is 1.09 bits per heavy atom. The monoisotopic (exact) mass is 487 g/mol. The summed E-state index contributed by atoms with van der Waals surface area (Å²) in [6, 6.07) is 0.489. The van der Waals surface area contributed by atoms with Gasteiger partial charge in [-0.05, 0) is 49.7 Å². The Bertz CT molecular complexity index is 889. The number of hydrogen-bond donors (Lipinski definition) is 4. The summed E-state index contributed by atoms with van der Waals surface area (Å²) in [6.07, 6.45) is 5.64. The topological polar surface area (TPSA) is 146 Å². The third-order valence-corrected chi connectivity index (χ3v) is 5.95. The Balaban J connectivity index is 2.07. The summed E-state index contributed by atoms with van der Waals surface area (Å²) in [5.74, 6) is -2.02. The number of aromatic nitrogens is 1. The van der Waals surface area contributed by atoms with E-state index in [0.29, 0.717) is 31.2 Å². The number of aldehydes is 1. The van der Waals surface area contributed by atoms with E-state index in [-0.39, 0.29) is 30.1 Å². The molecule has 1 aromatic heterocycles. The first-order valence-electron chi connectivity index (χ1n) is 12.2. The molecule has 2 rings (SSSR count). The summed E-state index contributed by atoms with van der Waals surface area (Å²) in [5, 5.41) is 10.9. The van der Waals surface area contributed by atoms with Gasteiger partial charge in [0, 0.05) is 30.4 Å². The highest BCUT2D eigenvalue weighted by atomic mass is 16.2. The lowest BCUT2D eigenvalue weighted by atomic mass is 9.91. The molecule has 0 bridgehead atoms. The molecule has 0 unspecified atom stereocenters. The standard InChI is InChI=1S/C25H37N5O5/c1-15(2)12-20(24(34)28-19(14-31)13-18-6-5-9-27-22(18)32)29-25(35)21(16(3)4)30-23(33)17-7-10-26-11-8-17/h7-8,10-11,14-16,18-21H,5-6,9,12-13H2,1-4H3,(H,27,32)(H,28,34)(H,29,35)(H,30,33)/t18-,19-,20-,21-/m0/s1. The Hall–Kier alpha value is -3.30. The molecule has 0 aliphatic carbocycles. The average Bonchev–Trinajstić information content (AvgIpc) is 2.82. The van der Waals surface area contributed by atoms with E-state index in [1.165, 1.54) is 12.4 Å². The number of hydrogen-bond acceptors (Lipinski definition) is 6. The Labute approximate surface area is 206 Å². The Morgan fingerprint density at radius 2 is 1.77 bits per heavy atom. The number of nitrogens with one attached hydrogen (secondary N) is 4. The van der Waals surface area contributed by atoms with Crippen molar-refractivity contribution in [3.05, 3.63) is 30.1 Å². The fourth-order valence-corrected chi connectivity index (χ4v) is 4.03. The maximum absolute atomic E-state index is 13.1.